The quantitative estimate of drug-likeness (QED) is 0.639. The van der Waals surface area contributed by atoms with E-state index < -0.39 is 0 Å². The number of methoxy groups -OCH3 is 1. The number of ether oxygens (including phenoxy) is 3. The summed E-state index contributed by atoms with van der Waals surface area (Å²) in [7, 11) is 1.59. The van der Waals surface area contributed by atoms with E-state index in [4.69, 9.17) is 18.6 Å². The zero-order valence-electron chi connectivity index (χ0n) is 15.7. The molecule has 0 bridgehead atoms. The van der Waals surface area contributed by atoms with Crippen molar-refractivity contribution >= 4 is 5.91 Å². The highest BCUT2D eigenvalue weighted by Gasteiger charge is 2.19. The number of carbonyl (C=O) groups is 1. The third-order valence-corrected chi connectivity index (χ3v) is 4.60. The third kappa shape index (κ3) is 5.76. The molecule has 1 aromatic carbocycles. The van der Waals surface area contributed by atoms with Gasteiger partial charge in [0, 0.05) is 18.7 Å². The molecule has 0 atom stereocenters. The topological polar surface area (TPSA) is 69.9 Å². The van der Waals surface area contributed by atoms with Gasteiger partial charge in [-0.25, -0.2) is 0 Å². The maximum absolute atomic E-state index is 12.3. The maximum atomic E-state index is 12.3. The largest absolute Gasteiger partial charge is 0.493 e. The summed E-state index contributed by atoms with van der Waals surface area (Å²) in [6.45, 7) is 1.54. The van der Waals surface area contributed by atoms with Crippen molar-refractivity contribution < 1.29 is 23.4 Å². The molecule has 27 heavy (non-hydrogen) atoms. The minimum atomic E-state index is -0.133. The highest BCUT2D eigenvalue weighted by molar-refractivity contribution is 5.94. The highest BCUT2D eigenvalue weighted by Crippen LogP contribution is 2.32. The van der Waals surface area contributed by atoms with Crippen LogP contribution in [0.5, 0.6) is 11.5 Å². The molecule has 1 amide bonds. The molecule has 146 valence electrons. The lowest BCUT2D eigenvalue weighted by Gasteiger charge is -2.16. The number of hydrogen-bond donors (Lipinski definition) is 1. The molecule has 0 unspecified atom stereocenters. The Morgan fingerprint density at radius 3 is 2.81 bits per heavy atom. The zero-order chi connectivity index (χ0) is 18.9. The van der Waals surface area contributed by atoms with E-state index in [1.54, 1.807) is 25.5 Å². The van der Waals surface area contributed by atoms with Crippen molar-refractivity contribution in [1.29, 1.82) is 0 Å². The van der Waals surface area contributed by atoms with E-state index in [0.29, 0.717) is 36.8 Å². The lowest BCUT2D eigenvalue weighted by Crippen LogP contribution is -2.25. The number of nitrogens with one attached hydrogen (secondary N) is 1. The number of furan rings is 1. The molecule has 1 heterocycles. The Labute approximate surface area is 159 Å². The van der Waals surface area contributed by atoms with Crippen molar-refractivity contribution in [3.63, 3.8) is 0 Å². The van der Waals surface area contributed by atoms with Crippen LogP contribution >= 0.6 is 0 Å². The number of benzene rings is 1. The van der Waals surface area contributed by atoms with E-state index in [1.165, 1.54) is 12.8 Å². The molecule has 1 fully saturated rings. The number of carbonyl (C=O) groups excluding carboxylic acids is 1. The Bertz CT molecular complexity index is 707. The van der Waals surface area contributed by atoms with Crippen LogP contribution in [0.1, 0.15) is 48.2 Å². The van der Waals surface area contributed by atoms with E-state index in [0.717, 1.165) is 25.0 Å². The zero-order valence-corrected chi connectivity index (χ0v) is 15.7. The van der Waals surface area contributed by atoms with Gasteiger partial charge in [0.25, 0.3) is 5.91 Å². The minimum absolute atomic E-state index is 0.133. The first kappa shape index (κ1) is 19.3. The van der Waals surface area contributed by atoms with Crippen LogP contribution in [0, 0.1) is 0 Å². The average Bonchev–Trinajstić information content (AvgIpc) is 3.38. The van der Waals surface area contributed by atoms with Crippen LogP contribution < -0.4 is 14.8 Å². The SMILES string of the molecule is COc1cc(C(=O)NCCCOCc2ccco2)ccc1OC1CCCC1. The monoisotopic (exact) mass is 373 g/mol. The van der Waals surface area contributed by atoms with Gasteiger partial charge in [-0.05, 0) is 62.4 Å². The summed E-state index contributed by atoms with van der Waals surface area (Å²) in [6.07, 6.45) is 7.17. The molecule has 6 nitrogen and oxygen atoms in total. The van der Waals surface area contributed by atoms with Crippen LogP contribution in [-0.2, 0) is 11.3 Å². The lowest BCUT2D eigenvalue weighted by atomic mass is 10.2. The molecule has 0 spiro atoms. The van der Waals surface area contributed by atoms with Crippen molar-refractivity contribution in [2.75, 3.05) is 20.3 Å². The molecule has 1 aromatic heterocycles. The van der Waals surface area contributed by atoms with E-state index in [9.17, 15) is 4.79 Å². The second-order valence-electron chi connectivity index (χ2n) is 6.63. The van der Waals surface area contributed by atoms with E-state index in [2.05, 4.69) is 5.32 Å². The first-order valence-corrected chi connectivity index (χ1v) is 9.49. The number of rotatable bonds is 10. The molecule has 1 N–H and O–H groups in total. The van der Waals surface area contributed by atoms with Crippen molar-refractivity contribution in [3.8, 4) is 11.5 Å². The first-order chi connectivity index (χ1) is 13.3. The Morgan fingerprint density at radius 1 is 1.22 bits per heavy atom. The Hall–Kier alpha value is -2.47. The van der Waals surface area contributed by atoms with E-state index >= 15 is 0 Å². The number of amides is 1. The molecule has 3 rings (SSSR count). The highest BCUT2D eigenvalue weighted by atomic mass is 16.5. The van der Waals surface area contributed by atoms with Gasteiger partial charge in [0.1, 0.15) is 12.4 Å². The number of hydrogen-bond acceptors (Lipinski definition) is 5. The second kappa shape index (κ2) is 10.0. The van der Waals surface area contributed by atoms with Gasteiger partial charge >= 0.3 is 0 Å². The van der Waals surface area contributed by atoms with E-state index in [-0.39, 0.29) is 12.0 Å². The van der Waals surface area contributed by atoms with Crippen LogP contribution in [0.2, 0.25) is 0 Å². The van der Waals surface area contributed by atoms with Crippen LogP contribution in [0.4, 0.5) is 0 Å². The molecule has 6 heteroatoms. The summed E-state index contributed by atoms with van der Waals surface area (Å²) in [4.78, 5) is 12.3. The summed E-state index contributed by atoms with van der Waals surface area (Å²) in [5.74, 6) is 1.96. The van der Waals surface area contributed by atoms with Crippen molar-refractivity contribution in [3.05, 3.63) is 47.9 Å². The van der Waals surface area contributed by atoms with Gasteiger partial charge in [-0.2, -0.15) is 0 Å². The molecule has 0 saturated heterocycles. The summed E-state index contributed by atoms with van der Waals surface area (Å²) in [6, 6.07) is 9.02. The fourth-order valence-corrected chi connectivity index (χ4v) is 3.14. The van der Waals surface area contributed by atoms with Gasteiger partial charge in [0.05, 0.1) is 19.5 Å². The standard InChI is InChI=1S/C21H27NO5/c1-24-20-14-16(9-10-19(20)27-17-6-2-3-7-17)21(23)22-11-5-12-25-15-18-8-4-13-26-18/h4,8-10,13-14,17H,2-3,5-7,11-12,15H2,1H3,(H,22,23). The Balaban J connectivity index is 1.42. The van der Waals surface area contributed by atoms with Crippen LogP contribution in [0.15, 0.2) is 41.0 Å². The van der Waals surface area contributed by atoms with Gasteiger partial charge in [-0.15, -0.1) is 0 Å². The normalized spacial score (nSPS) is 14.3. The van der Waals surface area contributed by atoms with Crippen molar-refractivity contribution in [2.24, 2.45) is 0 Å². The van der Waals surface area contributed by atoms with Gasteiger partial charge in [-0.1, -0.05) is 0 Å². The molecule has 0 radical (unpaired) electrons. The summed E-state index contributed by atoms with van der Waals surface area (Å²) >= 11 is 0. The first-order valence-electron chi connectivity index (χ1n) is 9.49. The second-order valence-corrected chi connectivity index (χ2v) is 6.63. The van der Waals surface area contributed by atoms with Crippen molar-refractivity contribution in [2.45, 2.75) is 44.8 Å². The fraction of sp³-hybridized carbons (Fsp3) is 0.476. The van der Waals surface area contributed by atoms with Crippen LogP contribution in [0.3, 0.4) is 0 Å². The molecule has 1 aliphatic carbocycles. The predicted octanol–water partition coefficient (Wildman–Crippen LogP) is 3.95. The molecule has 1 aliphatic rings. The summed E-state index contributed by atoms with van der Waals surface area (Å²) in [5.41, 5.74) is 0.558. The minimum Gasteiger partial charge on any atom is -0.493 e. The van der Waals surface area contributed by atoms with Gasteiger partial charge in [0.15, 0.2) is 11.5 Å². The summed E-state index contributed by atoms with van der Waals surface area (Å²) < 4.78 is 22.1. The third-order valence-electron chi connectivity index (χ3n) is 4.60. The van der Waals surface area contributed by atoms with E-state index in [1.807, 2.05) is 18.2 Å². The fourth-order valence-electron chi connectivity index (χ4n) is 3.14. The van der Waals surface area contributed by atoms with Gasteiger partial charge in [-0.3, -0.25) is 4.79 Å². The molecule has 0 aliphatic heterocycles. The predicted molar refractivity (Wildman–Crippen MR) is 101 cm³/mol. The van der Waals surface area contributed by atoms with Crippen LogP contribution in [-0.4, -0.2) is 32.3 Å². The average molecular weight is 373 g/mol. The van der Waals surface area contributed by atoms with Crippen molar-refractivity contribution in [1.82, 2.24) is 5.32 Å². The maximum Gasteiger partial charge on any atom is 0.251 e. The van der Waals surface area contributed by atoms with Crippen LogP contribution in [0.25, 0.3) is 0 Å². The molecular weight excluding hydrogens is 346 g/mol. The molecule has 1 saturated carbocycles. The smallest absolute Gasteiger partial charge is 0.251 e. The van der Waals surface area contributed by atoms with Gasteiger partial charge in [0.2, 0.25) is 0 Å². The Morgan fingerprint density at radius 2 is 2.07 bits per heavy atom. The molecule has 2 aromatic rings. The lowest BCUT2D eigenvalue weighted by molar-refractivity contribution is 0.0916. The molecular formula is C21H27NO5. The Kier molecular flexibility index (Phi) is 7.16. The summed E-state index contributed by atoms with van der Waals surface area (Å²) in [5, 5.41) is 2.90. The van der Waals surface area contributed by atoms with Gasteiger partial charge < -0.3 is 23.9 Å².